The molecular formula is C22H28N4O. The maximum absolute atomic E-state index is 5.95. The molecule has 0 radical (unpaired) electrons. The molecule has 2 rings (SSSR count). The molecule has 142 valence electrons. The highest BCUT2D eigenvalue weighted by Crippen LogP contribution is 2.32. The average molecular weight is 364 g/mol. The lowest BCUT2D eigenvalue weighted by molar-refractivity contribution is 0.463. The van der Waals surface area contributed by atoms with Gasteiger partial charge in [-0.15, -0.1) is 0 Å². The van der Waals surface area contributed by atoms with Crippen LogP contribution in [-0.4, -0.2) is 26.9 Å². The van der Waals surface area contributed by atoms with Crippen molar-refractivity contribution < 1.29 is 4.74 Å². The fourth-order valence-electron chi connectivity index (χ4n) is 2.60. The number of hydrogen-bond acceptors (Lipinski definition) is 5. The third-order valence-electron chi connectivity index (χ3n) is 4.08. The van der Waals surface area contributed by atoms with Gasteiger partial charge in [-0.2, -0.15) is 0 Å². The van der Waals surface area contributed by atoms with Crippen LogP contribution in [0.25, 0.3) is 0 Å². The van der Waals surface area contributed by atoms with Gasteiger partial charge in [-0.25, -0.2) is 0 Å². The van der Waals surface area contributed by atoms with Crippen LogP contribution in [0.4, 0.5) is 5.69 Å². The number of nitrogens with one attached hydrogen (secondary N) is 1. The van der Waals surface area contributed by atoms with Crippen LogP contribution in [0.5, 0.6) is 5.75 Å². The highest BCUT2D eigenvalue weighted by atomic mass is 16.5. The first-order valence-electron chi connectivity index (χ1n) is 8.89. The molecule has 1 unspecified atom stereocenters. The number of anilines is 1. The second kappa shape index (κ2) is 10.7. The van der Waals surface area contributed by atoms with Crippen LogP contribution >= 0.6 is 0 Å². The molecular weight excluding hydrogens is 336 g/mol. The summed E-state index contributed by atoms with van der Waals surface area (Å²) < 4.78 is 5.95. The average Bonchev–Trinajstić information content (AvgIpc) is 2.68. The maximum Gasteiger partial charge on any atom is 0.133 e. The standard InChI is InChI=1S/C22H28N4O/c1-24-18-9-8-10-21(25-15-7-5-4-6-14-23)20-12-11-19(26(2)3)17-22(20)27-16-13-18/h4-9,11-17,21,25H,10,23H2,1-3H3/b5-4-,9-8-,14-6+,15-7+,16-13+,24-18?. The van der Waals surface area contributed by atoms with Gasteiger partial charge in [0.15, 0.2) is 0 Å². The Hall–Kier alpha value is -3.21. The molecule has 0 aliphatic carbocycles. The zero-order valence-corrected chi connectivity index (χ0v) is 16.2. The van der Waals surface area contributed by atoms with Crippen molar-refractivity contribution in [3.63, 3.8) is 0 Å². The van der Waals surface area contributed by atoms with Crippen LogP contribution in [0.15, 0.2) is 84.4 Å². The van der Waals surface area contributed by atoms with Gasteiger partial charge in [0, 0.05) is 38.5 Å². The molecule has 0 bridgehead atoms. The van der Waals surface area contributed by atoms with Gasteiger partial charge in [0.05, 0.1) is 18.0 Å². The van der Waals surface area contributed by atoms with Crippen LogP contribution in [-0.2, 0) is 0 Å². The molecule has 1 aliphatic heterocycles. The number of nitrogens with two attached hydrogens (primary N) is 1. The number of ether oxygens (including phenoxy) is 1. The van der Waals surface area contributed by atoms with Gasteiger partial charge >= 0.3 is 0 Å². The lowest BCUT2D eigenvalue weighted by Crippen LogP contribution is -2.17. The van der Waals surface area contributed by atoms with Crippen LogP contribution < -0.4 is 20.7 Å². The maximum atomic E-state index is 5.95. The number of rotatable bonds is 5. The van der Waals surface area contributed by atoms with E-state index in [1.807, 2.05) is 50.7 Å². The second-order valence-corrected chi connectivity index (χ2v) is 6.17. The Kier molecular flexibility index (Phi) is 7.97. The number of fused-ring (bicyclic) bond motifs is 1. The van der Waals surface area contributed by atoms with E-state index in [2.05, 4.69) is 39.5 Å². The molecule has 0 aromatic heterocycles. The summed E-state index contributed by atoms with van der Waals surface area (Å²) in [5.74, 6) is 0.829. The number of benzene rings is 1. The Morgan fingerprint density at radius 2 is 2.00 bits per heavy atom. The van der Waals surface area contributed by atoms with E-state index in [1.54, 1.807) is 19.4 Å². The fourth-order valence-corrected chi connectivity index (χ4v) is 2.60. The summed E-state index contributed by atoms with van der Waals surface area (Å²) in [7, 11) is 5.81. The second-order valence-electron chi connectivity index (χ2n) is 6.17. The van der Waals surface area contributed by atoms with Crippen molar-refractivity contribution in [3.8, 4) is 5.75 Å². The SMILES string of the molecule is CN=C1/C=C\CC(N/C=C/C=C\C=C\N)c2ccc(N(C)C)cc2O/C=C/1. The molecule has 0 amide bonds. The minimum atomic E-state index is 0.0757. The Bertz CT molecular complexity index is 786. The summed E-state index contributed by atoms with van der Waals surface area (Å²) in [5, 5.41) is 3.46. The van der Waals surface area contributed by atoms with Gasteiger partial charge in [-0.1, -0.05) is 24.3 Å². The Balaban J connectivity index is 2.32. The van der Waals surface area contributed by atoms with Gasteiger partial charge in [0.2, 0.25) is 0 Å². The predicted octanol–water partition coefficient (Wildman–Crippen LogP) is 3.85. The van der Waals surface area contributed by atoms with E-state index in [4.69, 9.17) is 10.5 Å². The van der Waals surface area contributed by atoms with E-state index < -0.39 is 0 Å². The largest absolute Gasteiger partial charge is 0.464 e. The van der Waals surface area contributed by atoms with E-state index in [0.29, 0.717) is 0 Å². The monoisotopic (exact) mass is 364 g/mol. The van der Waals surface area contributed by atoms with Crippen molar-refractivity contribution in [2.45, 2.75) is 12.5 Å². The van der Waals surface area contributed by atoms with Crippen molar-refractivity contribution in [1.82, 2.24) is 5.32 Å². The summed E-state index contributed by atoms with van der Waals surface area (Å²) in [6.07, 6.45) is 19.4. The summed E-state index contributed by atoms with van der Waals surface area (Å²) in [5.41, 5.74) is 8.37. The van der Waals surface area contributed by atoms with E-state index in [1.165, 1.54) is 6.20 Å². The topological polar surface area (TPSA) is 62.9 Å². The minimum absolute atomic E-state index is 0.0757. The molecule has 5 heteroatoms. The van der Waals surface area contributed by atoms with E-state index in [0.717, 1.165) is 29.1 Å². The molecule has 1 aromatic carbocycles. The zero-order chi connectivity index (χ0) is 19.5. The Morgan fingerprint density at radius 3 is 2.74 bits per heavy atom. The molecule has 5 nitrogen and oxygen atoms in total. The van der Waals surface area contributed by atoms with Crippen LogP contribution in [0.2, 0.25) is 0 Å². The van der Waals surface area contributed by atoms with E-state index in [9.17, 15) is 0 Å². The quantitative estimate of drug-likeness (QED) is 0.779. The highest BCUT2D eigenvalue weighted by molar-refractivity contribution is 6.03. The first kappa shape index (κ1) is 20.1. The minimum Gasteiger partial charge on any atom is -0.464 e. The van der Waals surface area contributed by atoms with Gasteiger partial charge in [0.1, 0.15) is 5.75 Å². The van der Waals surface area contributed by atoms with Crippen molar-refractivity contribution in [2.75, 3.05) is 26.0 Å². The third kappa shape index (κ3) is 6.22. The molecule has 1 heterocycles. The van der Waals surface area contributed by atoms with Gasteiger partial charge in [-0.3, -0.25) is 4.99 Å². The highest BCUT2D eigenvalue weighted by Gasteiger charge is 2.16. The van der Waals surface area contributed by atoms with E-state index in [-0.39, 0.29) is 6.04 Å². The number of aliphatic imine (C=N–C) groups is 1. The first-order valence-corrected chi connectivity index (χ1v) is 8.89. The third-order valence-corrected chi connectivity index (χ3v) is 4.08. The van der Waals surface area contributed by atoms with Crippen LogP contribution in [0.3, 0.4) is 0 Å². The molecule has 1 atom stereocenters. The molecule has 0 spiro atoms. The van der Waals surface area contributed by atoms with Crippen LogP contribution in [0.1, 0.15) is 18.0 Å². The molecule has 0 saturated carbocycles. The molecule has 1 aromatic rings. The Labute approximate surface area is 161 Å². The summed E-state index contributed by atoms with van der Waals surface area (Å²) in [6, 6.07) is 6.34. The fraction of sp³-hybridized carbons (Fsp3) is 0.227. The van der Waals surface area contributed by atoms with Gasteiger partial charge in [0.25, 0.3) is 0 Å². The molecule has 0 fully saturated rings. The summed E-state index contributed by atoms with van der Waals surface area (Å²) in [4.78, 5) is 6.31. The molecule has 27 heavy (non-hydrogen) atoms. The van der Waals surface area contributed by atoms with Gasteiger partial charge < -0.3 is 20.7 Å². The Morgan fingerprint density at radius 1 is 1.19 bits per heavy atom. The van der Waals surface area contributed by atoms with E-state index >= 15 is 0 Å². The number of nitrogens with zero attached hydrogens (tertiary/aromatic N) is 2. The lowest BCUT2D eigenvalue weighted by Gasteiger charge is -2.22. The summed E-state index contributed by atoms with van der Waals surface area (Å²) in [6.45, 7) is 0. The number of allylic oxidation sites excluding steroid dienone is 6. The number of hydrogen-bond donors (Lipinski definition) is 2. The zero-order valence-electron chi connectivity index (χ0n) is 16.2. The van der Waals surface area contributed by atoms with Crippen molar-refractivity contribution in [3.05, 3.63) is 85.0 Å². The summed E-state index contributed by atoms with van der Waals surface area (Å²) >= 11 is 0. The molecule has 0 saturated heterocycles. The predicted molar refractivity (Wildman–Crippen MR) is 115 cm³/mol. The smallest absolute Gasteiger partial charge is 0.133 e. The van der Waals surface area contributed by atoms with Crippen LogP contribution in [0, 0.1) is 0 Å². The molecule has 3 N–H and O–H groups in total. The van der Waals surface area contributed by atoms with Crippen molar-refractivity contribution in [2.24, 2.45) is 10.7 Å². The van der Waals surface area contributed by atoms with Crippen molar-refractivity contribution >= 4 is 11.4 Å². The normalized spacial score (nSPS) is 21.3. The molecule has 1 aliphatic rings. The van der Waals surface area contributed by atoms with Gasteiger partial charge in [-0.05, 0) is 49.2 Å². The van der Waals surface area contributed by atoms with Crippen molar-refractivity contribution in [1.29, 1.82) is 0 Å². The lowest BCUT2D eigenvalue weighted by atomic mass is 10.0. The first-order chi connectivity index (χ1) is 13.2.